The second-order valence-corrected chi connectivity index (χ2v) is 8.57. The van der Waals surface area contributed by atoms with Crippen LogP contribution in [0.1, 0.15) is 16.7 Å². The predicted octanol–water partition coefficient (Wildman–Crippen LogP) is 5.74. The number of hydrogen-bond acceptors (Lipinski definition) is 7. The molecule has 1 N–H and O–H groups in total. The minimum atomic E-state index is -4.67. The maximum Gasteiger partial charge on any atom is 0.417 e. The van der Waals surface area contributed by atoms with Gasteiger partial charge in [-0.3, -0.25) is 10.1 Å². The van der Waals surface area contributed by atoms with Gasteiger partial charge in [-0.1, -0.05) is 23.7 Å². The Morgan fingerprint density at radius 3 is 2.40 bits per heavy atom. The zero-order valence-electron chi connectivity index (χ0n) is 18.9. The zero-order chi connectivity index (χ0) is 25.3. The third-order valence-corrected chi connectivity index (χ3v) is 6.35. The van der Waals surface area contributed by atoms with Crippen molar-refractivity contribution < 1.29 is 18.1 Å². The lowest BCUT2D eigenvalue weighted by molar-refractivity contribution is -0.383. The van der Waals surface area contributed by atoms with Gasteiger partial charge in [0.2, 0.25) is 11.6 Å². The van der Waals surface area contributed by atoms with Gasteiger partial charge in [-0.05, 0) is 49.2 Å². The Labute approximate surface area is 204 Å². The van der Waals surface area contributed by atoms with Crippen molar-refractivity contribution in [1.29, 1.82) is 0 Å². The van der Waals surface area contributed by atoms with Crippen LogP contribution in [0.5, 0.6) is 0 Å². The van der Waals surface area contributed by atoms with E-state index in [0.29, 0.717) is 26.2 Å². The number of aromatic nitrogens is 2. The van der Waals surface area contributed by atoms with Crippen molar-refractivity contribution in [3.8, 4) is 0 Å². The molecular formula is C23H22ClF3N6O2. The number of nitro groups is 1. The maximum absolute atomic E-state index is 13.2. The topological polar surface area (TPSA) is 87.4 Å². The van der Waals surface area contributed by atoms with Gasteiger partial charge in [0.15, 0.2) is 0 Å². The van der Waals surface area contributed by atoms with E-state index in [9.17, 15) is 23.3 Å². The van der Waals surface area contributed by atoms with Crippen LogP contribution < -0.4 is 15.1 Å². The van der Waals surface area contributed by atoms with E-state index in [1.165, 1.54) is 17.2 Å². The molecule has 0 bridgehead atoms. The highest BCUT2D eigenvalue weighted by Gasteiger charge is 2.34. The van der Waals surface area contributed by atoms with E-state index in [2.05, 4.69) is 33.2 Å². The second-order valence-electron chi connectivity index (χ2n) is 8.16. The molecule has 1 fully saturated rings. The molecule has 0 unspecified atom stereocenters. The Hall–Kier alpha value is -3.60. The van der Waals surface area contributed by atoms with Crippen molar-refractivity contribution in [2.24, 2.45) is 0 Å². The molecule has 0 amide bonds. The summed E-state index contributed by atoms with van der Waals surface area (Å²) in [6.45, 7) is 6.31. The van der Waals surface area contributed by atoms with Crippen molar-refractivity contribution in [2.75, 3.05) is 41.3 Å². The molecule has 2 heterocycles. The molecule has 0 radical (unpaired) electrons. The number of piperazine rings is 1. The molecule has 0 atom stereocenters. The van der Waals surface area contributed by atoms with E-state index in [0.717, 1.165) is 24.1 Å². The van der Waals surface area contributed by atoms with E-state index in [1.54, 1.807) is 4.90 Å². The average molecular weight is 507 g/mol. The lowest BCUT2D eigenvalue weighted by atomic mass is 10.1. The van der Waals surface area contributed by atoms with Gasteiger partial charge in [0, 0.05) is 37.6 Å². The standard InChI is InChI=1S/C23H22ClF3N6O2/c1-14-4-3-5-19(15(14)2)31-8-10-32(11-9-31)22-20(33(34)35)21(28-13-29-22)30-16-6-7-18(24)17(12-16)23(25,26)27/h3-7,12-13H,8-11H2,1-2H3,(H,28,29,30). The van der Waals surface area contributed by atoms with Gasteiger partial charge in [0.25, 0.3) is 0 Å². The minimum absolute atomic E-state index is 0.0331. The SMILES string of the molecule is Cc1cccc(N2CCN(c3ncnc(Nc4ccc(Cl)c(C(F)(F)F)c4)c3[N+](=O)[O-])CC2)c1C. The number of aryl methyl sites for hydroxylation is 1. The highest BCUT2D eigenvalue weighted by Crippen LogP contribution is 2.39. The van der Waals surface area contributed by atoms with Crippen molar-refractivity contribution in [2.45, 2.75) is 20.0 Å². The first-order valence-electron chi connectivity index (χ1n) is 10.8. The van der Waals surface area contributed by atoms with Gasteiger partial charge in [-0.15, -0.1) is 0 Å². The third-order valence-electron chi connectivity index (χ3n) is 6.02. The average Bonchev–Trinajstić information content (AvgIpc) is 2.81. The molecule has 1 aliphatic rings. The summed E-state index contributed by atoms with van der Waals surface area (Å²) in [4.78, 5) is 23.4. The first-order valence-corrected chi connectivity index (χ1v) is 11.1. The van der Waals surface area contributed by atoms with Crippen LogP contribution >= 0.6 is 11.6 Å². The smallest absolute Gasteiger partial charge is 0.368 e. The van der Waals surface area contributed by atoms with Crippen LogP contribution in [0.4, 0.5) is 41.9 Å². The Morgan fingerprint density at radius 1 is 1.06 bits per heavy atom. The van der Waals surface area contributed by atoms with Crippen molar-refractivity contribution in [3.05, 3.63) is 74.6 Å². The number of halogens is 4. The predicted molar refractivity (Wildman–Crippen MR) is 129 cm³/mol. The highest BCUT2D eigenvalue weighted by atomic mass is 35.5. The Bertz CT molecular complexity index is 1260. The molecule has 1 saturated heterocycles. The van der Waals surface area contributed by atoms with Gasteiger partial charge in [0.1, 0.15) is 6.33 Å². The molecule has 8 nitrogen and oxygen atoms in total. The van der Waals surface area contributed by atoms with Crippen molar-refractivity contribution >= 4 is 40.3 Å². The van der Waals surface area contributed by atoms with Crippen LogP contribution in [-0.2, 0) is 6.18 Å². The summed E-state index contributed by atoms with van der Waals surface area (Å²) in [5.74, 6) is -0.0921. The monoisotopic (exact) mass is 506 g/mol. The van der Waals surface area contributed by atoms with E-state index >= 15 is 0 Å². The van der Waals surface area contributed by atoms with Crippen LogP contribution in [0.2, 0.25) is 5.02 Å². The summed E-state index contributed by atoms with van der Waals surface area (Å²) >= 11 is 5.67. The van der Waals surface area contributed by atoms with E-state index in [1.807, 2.05) is 19.1 Å². The molecular weight excluding hydrogens is 485 g/mol. The number of rotatable bonds is 5. The highest BCUT2D eigenvalue weighted by molar-refractivity contribution is 6.31. The second kappa shape index (κ2) is 9.57. The van der Waals surface area contributed by atoms with E-state index in [4.69, 9.17) is 11.6 Å². The minimum Gasteiger partial charge on any atom is -0.368 e. The molecule has 0 saturated carbocycles. The van der Waals surface area contributed by atoms with Crippen LogP contribution in [0, 0.1) is 24.0 Å². The fraction of sp³-hybridized carbons (Fsp3) is 0.304. The van der Waals surface area contributed by atoms with Crippen LogP contribution in [0.25, 0.3) is 0 Å². The van der Waals surface area contributed by atoms with Crippen molar-refractivity contribution in [1.82, 2.24) is 9.97 Å². The summed E-state index contributed by atoms with van der Waals surface area (Å²) in [6.07, 6.45) is -3.52. The number of nitrogens with one attached hydrogen (secondary N) is 1. The zero-order valence-corrected chi connectivity index (χ0v) is 19.7. The van der Waals surface area contributed by atoms with Gasteiger partial charge < -0.3 is 15.1 Å². The largest absolute Gasteiger partial charge is 0.417 e. The normalized spacial score (nSPS) is 14.2. The third kappa shape index (κ3) is 5.09. The number of hydrogen-bond donors (Lipinski definition) is 1. The van der Waals surface area contributed by atoms with Crippen LogP contribution in [0.15, 0.2) is 42.7 Å². The van der Waals surface area contributed by atoms with Crippen LogP contribution in [-0.4, -0.2) is 41.1 Å². The summed E-state index contributed by atoms with van der Waals surface area (Å²) in [5.41, 5.74) is 1.99. The number of nitrogens with zero attached hydrogens (tertiary/aromatic N) is 5. The summed E-state index contributed by atoms with van der Waals surface area (Å²) < 4.78 is 39.7. The first-order chi connectivity index (χ1) is 16.6. The first kappa shape index (κ1) is 24.5. The van der Waals surface area contributed by atoms with E-state index < -0.39 is 27.4 Å². The van der Waals surface area contributed by atoms with Gasteiger partial charge in [-0.25, -0.2) is 9.97 Å². The molecule has 3 aromatic rings. The lowest BCUT2D eigenvalue weighted by Gasteiger charge is -2.37. The number of benzene rings is 2. The maximum atomic E-state index is 13.2. The molecule has 0 aliphatic carbocycles. The van der Waals surface area contributed by atoms with Gasteiger partial charge in [0.05, 0.1) is 15.5 Å². The van der Waals surface area contributed by atoms with Gasteiger partial charge in [-0.2, -0.15) is 13.2 Å². The van der Waals surface area contributed by atoms with Crippen molar-refractivity contribution in [3.63, 3.8) is 0 Å². The molecule has 35 heavy (non-hydrogen) atoms. The Balaban J connectivity index is 1.59. The van der Waals surface area contributed by atoms with E-state index in [-0.39, 0.29) is 17.3 Å². The fourth-order valence-corrected chi connectivity index (χ4v) is 4.28. The molecule has 184 valence electrons. The molecule has 2 aromatic carbocycles. The number of anilines is 4. The summed E-state index contributed by atoms with van der Waals surface area (Å²) in [6, 6.07) is 9.26. The van der Waals surface area contributed by atoms with Gasteiger partial charge >= 0.3 is 11.9 Å². The summed E-state index contributed by atoms with van der Waals surface area (Å²) in [5, 5.41) is 14.1. The number of alkyl halides is 3. The van der Waals surface area contributed by atoms with Crippen LogP contribution in [0.3, 0.4) is 0 Å². The quantitative estimate of drug-likeness (QED) is 0.348. The Kier molecular flexibility index (Phi) is 6.70. The molecule has 12 heteroatoms. The molecule has 1 aromatic heterocycles. The lowest BCUT2D eigenvalue weighted by Crippen LogP contribution is -2.47. The molecule has 4 rings (SSSR count). The Morgan fingerprint density at radius 2 is 1.74 bits per heavy atom. The molecule has 1 aliphatic heterocycles. The fourth-order valence-electron chi connectivity index (χ4n) is 4.05. The molecule has 0 spiro atoms. The summed E-state index contributed by atoms with van der Waals surface area (Å²) in [7, 11) is 0.